The fourth-order valence-corrected chi connectivity index (χ4v) is 2.61. The minimum atomic E-state index is -2.83. The van der Waals surface area contributed by atoms with E-state index in [4.69, 9.17) is 12.2 Å². The zero-order chi connectivity index (χ0) is 18.9. The van der Waals surface area contributed by atoms with Crippen LogP contribution in [0.2, 0.25) is 0 Å². The molecule has 0 unspecified atom stereocenters. The molecule has 4 nitrogen and oxygen atoms in total. The van der Waals surface area contributed by atoms with E-state index in [1.807, 2.05) is 18.2 Å². The van der Waals surface area contributed by atoms with Crippen LogP contribution in [-0.2, 0) is 6.54 Å². The predicted octanol–water partition coefficient (Wildman–Crippen LogP) is 2.63. The number of quaternary nitrogens is 1. The minimum Gasteiger partial charge on any atom is -0.435 e. The van der Waals surface area contributed by atoms with E-state index in [1.165, 1.54) is 22.6 Å². The largest absolute Gasteiger partial charge is 0.435 e. The maximum absolute atomic E-state index is 12.2. The van der Waals surface area contributed by atoms with Gasteiger partial charge in [0.05, 0.1) is 27.2 Å². The predicted molar refractivity (Wildman–Crippen MR) is 104 cm³/mol. The fraction of sp³-hybridized carbons (Fsp3) is 0.316. The number of nitrogens with one attached hydrogen (secondary N) is 2. The number of likely N-dealkylation sites (N-methyl/N-ethyl adjacent to an activating group) is 1. The SMILES string of the molecule is C[NH+](C)CCN(Cc1ccccc1)C(=S)Nc1ccc(OC(F)F)cc1. The molecule has 0 saturated heterocycles. The highest BCUT2D eigenvalue weighted by Crippen LogP contribution is 2.18. The van der Waals surface area contributed by atoms with Gasteiger partial charge in [0.15, 0.2) is 5.11 Å². The van der Waals surface area contributed by atoms with Crippen LogP contribution in [0.15, 0.2) is 54.6 Å². The average molecular weight is 380 g/mol. The minimum absolute atomic E-state index is 0.119. The summed E-state index contributed by atoms with van der Waals surface area (Å²) < 4.78 is 28.8. The Labute approximate surface area is 158 Å². The summed E-state index contributed by atoms with van der Waals surface area (Å²) in [6.45, 7) is -0.386. The van der Waals surface area contributed by atoms with Crippen LogP contribution < -0.4 is 15.0 Å². The van der Waals surface area contributed by atoms with Gasteiger partial charge < -0.3 is 19.9 Å². The molecular weight excluding hydrogens is 356 g/mol. The van der Waals surface area contributed by atoms with Crippen LogP contribution in [0.4, 0.5) is 14.5 Å². The van der Waals surface area contributed by atoms with Crippen molar-refractivity contribution < 1.29 is 18.4 Å². The number of benzene rings is 2. The summed E-state index contributed by atoms with van der Waals surface area (Å²) in [5.74, 6) is 0.119. The number of hydrogen-bond acceptors (Lipinski definition) is 2. The van der Waals surface area contributed by atoms with E-state index < -0.39 is 6.61 Å². The standard InChI is InChI=1S/C19H23F2N3OS/c1-23(2)12-13-24(14-15-6-4-3-5-7-15)19(26)22-16-8-10-17(11-9-16)25-18(20)21/h3-11,18H,12-14H2,1-2H3,(H,22,26)/p+1. The molecule has 0 atom stereocenters. The Morgan fingerprint density at radius 2 is 1.77 bits per heavy atom. The first-order valence-corrected chi connectivity index (χ1v) is 8.78. The van der Waals surface area contributed by atoms with E-state index in [1.54, 1.807) is 12.1 Å². The van der Waals surface area contributed by atoms with Crippen LogP contribution in [0, 0.1) is 0 Å². The molecule has 0 radical (unpaired) electrons. The van der Waals surface area contributed by atoms with Gasteiger partial charge in [-0.1, -0.05) is 30.3 Å². The Balaban J connectivity index is 2.02. The summed E-state index contributed by atoms with van der Waals surface area (Å²) in [6, 6.07) is 16.4. The number of thiocarbonyl (C=S) groups is 1. The molecule has 140 valence electrons. The lowest BCUT2D eigenvalue weighted by Gasteiger charge is -2.26. The lowest BCUT2D eigenvalue weighted by atomic mass is 10.2. The lowest BCUT2D eigenvalue weighted by Crippen LogP contribution is -3.06. The van der Waals surface area contributed by atoms with Crippen LogP contribution in [-0.4, -0.2) is 43.8 Å². The Morgan fingerprint density at radius 3 is 2.35 bits per heavy atom. The van der Waals surface area contributed by atoms with Gasteiger partial charge in [0.1, 0.15) is 5.75 Å². The van der Waals surface area contributed by atoms with Crippen LogP contribution in [0.1, 0.15) is 5.56 Å². The van der Waals surface area contributed by atoms with Gasteiger partial charge in [-0.2, -0.15) is 8.78 Å². The summed E-state index contributed by atoms with van der Waals surface area (Å²) in [7, 11) is 4.19. The highest BCUT2D eigenvalue weighted by Gasteiger charge is 2.12. The van der Waals surface area contributed by atoms with Gasteiger partial charge in [-0.05, 0) is 42.0 Å². The molecule has 0 aliphatic rings. The second kappa shape index (κ2) is 10.0. The molecule has 0 saturated carbocycles. The summed E-state index contributed by atoms with van der Waals surface area (Å²) in [5, 5.41) is 3.77. The van der Waals surface area contributed by atoms with Crippen molar-refractivity contribution in [3.63, 3.8) is 0 Å². The van der Waals surface area contributed by atoms with Gasteiger partial charge in [0, 0.05) is 12.2 Å². The third kappa shape index (κ3) is 6.93. The number of rotatable bonds is 8. The van der Waals surface area contributed by atoms with Crippen molar-refractivity contribution in [3.05, 3.63) is 60.2 Å². The molecule has 0 aliphatic carbocycles. The van der Waals surface area contributed by atoms with Crippen LogP contribution in [0.5, 0.6) is 5.75 Å². The first-order valence-electron chi connectivity index (χ1n) is 8.38. The third-order valence-corrected chi connectivity index (χ3v) is 4.08. The van der Waals surface area contributed by atoms with Crippen LogP contribution >= 0.6 is 12.2 Å². The number of nitrogens with zero attached hydrogens (tertiary/aromatic N) is 1. The van der Waals surface area contributed by atoms with Crippen molar-refractivity contribution in [2.45, 2.75) is 13.2 Å². The highest BCUT2D eigenvalue weighted by atomic mass is 32.1. The maximum atomic E-state index is 12.2. The van der Waals surface area contributed by atoms with Crippen LogP contribution in [0.25, 0.3) is 0 Å². The molecular formula is C19H24F2N3OS+. The first-order chi connectivity index (χ1) is 12.4. The van der Waals surface area contributed by atoms with Crippen molar-refractivity contribution in [3.8, 4) is 5.75 Å². The number of hydrogen-bond donors (Lipinski definition) is 2. The lowest BCUT2D eigenvalue weighted by molar-refractivity contribution is -0.857. The quantitative estimate of drug-likeness (QED) is 0.689. The molecule has 26 heavy (non-hydrogen) atoms. The van der Waals surface area contributed by atoms with E-state index in [0.29, 0.717) is 11.7 Å². The topological polar surface area (TPSA) is 28.9 Å². The molecule has 0 aromatic heterocycles. The molecule has 0 heterocycles. The second-order valence-corrected chi connectivity index (χ2v) is 6.58. The van der Waals surface area contributed by atoms with Crippen molar-refractivity contribution >= 4 is 23.0 Å². The number of halogens is 2. The zero-order valence-corrected chi connectivity index (χ0v) is 15.7. The number of ether oxygens (including phenoxy) is 1. The van der Waals surface area contributed by atoms with E-state index in [0.717, 1.165) is 18.8 Å². The summed E-state index contributed by atoms with van der Waals surface area (Å²) in [4.78, 5) is 3.43. The van der Waals surface area contributed by atoms with Gasteiger partial charge in [0.25, 0.3) is 0 Å². The van der Waals surface area contributed by atoms with E-state index in [-0.39, 0.29) is 5.75 Å². The maximum Gasteiger partial charge on any atom is 0.387 e. The van der Waals surface area contributed by atoms with Gasteiger partial charge in [0.2, 0.25) is 0 Å². The average Bonchev–Trinajstić information content (AvgIpc) is 2.60. The van der Waals surface area contributed by atoms with Crippen molar-refractivity contribution in [1.82, 2.24) is 4.90 Å². The second-order valence-electron chi connectivity index (χ2n) is 6.20. The first kappa shape index (κ1) is 20.1. The Hall–Kier alpha value is -2.25. The van der Waals surface area contributed by atoms with Gasteiger partial charge >= 0.3 is 6.61 Å². The molecule has 2 N–H and O–H groups in total. The van der Waals surface area contributed by atoms with E-state index >= 15 is 0 Å². The van der Waals surface area contributed by atoms with Gasteiger partial charge in [-0.15, -0.1) is 0 Å². The summed E-state index contributed by atoms with van der Waals surface area (Å²) in [6.07, 6.45) is 0. The van der Waals surface area contributed by atoms with Gasteiger partial charge in [-0.25, -0.2) is 0 Å². The molecule has 7 heteroatoms. The molecule has 0 bridgehead atoms. The summed E-state index contributed by atoms with van der Waals surface area (Å²) >= 11 is 5.57. The Kier molecular flexibility index (Phi) is 7.74. The number of anilines is 1. The molecule has 2 aromatic rings. The van der Waals surface area contributed by atoms with Gasteiger partial charge in [-0.3, -0.25) is 0 Å². The third-order valence-electron chi connectivity index (χ3n) is 3.72. The van der Waals surface area contributed by atoms with Crippen LogP contribution in [0.3, 0.4) is 0 Å². The molecule has 0 spiro atoms. The van der Waals surface area contributed by atoms with E-state index in [9.17, 15) is 8.78 Å². The summed E-state index contributed by atoms with van der Waals surface area (Å²) in [5.41, 5.74) is 1.90. The highest BCUT2D eigenvalue weighted by molar-refractivity contribution is 7.80. The van der Waals surface area contributed by atoms with Crippen molar-refractivity contribution in [1.29, 1.82) is 0 Å². The molecule has 0 amide bonds. The zero-order valence-electron chi connectivity index (χ0n) is 14.9. The van der Waals surface area contributed by atoms with Crippen molar-refractivity contribution in [2.75, 3.05) is 32.5 Å². The monoisotopic (exact) mass is 380 g/mol. The molecule has 0 fully saturated rings. The molecule has 2 rings (SSSR count). The normalized spacial score (nSPS) is 10.8. The number of alkyl halides is 2. The molecule has 0 aliphatic heterocycles. The Bertz CT molecular complexity index is 681. The fourth-order valence-electron chi connectivity index (χ4n) is 2.34. The smallest absolute Gasteiger partial charge is 0.387 e. The van der Waals surface area contributed by atoms with Crippen molar-refractivity contribution in [2.24, 2.45) is 0 Å². The Morgan fingerprint density at radius 1 is 1.12 bits per heavy atom. The molecule has 2 aromatic carbocycles. The van der Waals surface area contributed by atoms with E-state index in [2.05, 4.69) is 41.2 Å².